The van der Waals surface area contributed by atoms with Gasteiger partial charge in [0.25, 0.3) is 5.91 Å². The topological polar surface area (TPSA) is 51.5 Å². The van der Waals surface area contributed by atoms with Crippen LogP contribution in [0.25, 0.3) is 0 Å². The average Bonchev–Trinajstić information content (AvgIpc) is 2.86. The zero-order valence-electron chi connectivity index (χ0n) is 12.0. The van der Waals surface area contributed by atoms with Gasteiger partial charge in [0.05, 0.1) is 7.11 Å². The normalized spacial score (nSPS) is 10.6. The first kappa shape index (κ1) is 15.3. The Morgan fingerprint density at radius 2 is 2.11 bits per heavy atom. The largest absolute Gasteiger partial charge is 0.468 e. The summed E-state index contributed by atoms with van der Waals surface area (Å²) < 4.78 is 6.54. The van der Waals surface area contributed by atoms with Crippen molar-refractivity contribution in [1.82, 2.24) is 9.47 Å². The van der Waals surface area contributed by atoms with E-state index >= 15 is 0 Å². The molecule has 1 rings (SSSR count). The third-order valence-electron chi connectivity index (χ3n) is 2.88. The molecular formula is C14H22N2O3. The van der Waals surface area contributed by atoms with Crippen LogP contribution in [0.4, 0.5) is 0 Å². The molecule has 0 radical (unpaired) electrons. The second kappa shape index (κ2) is 6.97. The third-order valence-corrected chi connectivity index (χ3v) is 2.88. The SMILES string of the molecule is CCCN(CC(=O)OC)C(=O)c1cccn1C(C)C. The summed E-state index contributed by atoms with van der Waals surface area (Å²) >= 11 is 0. The summed E-state index contributed by atoms with van der Waals surface area (Å²) in [5.74, 6) is -0.532. The van der Waals surface area contributed by atoms with Gasteiger partial charge < -0.3 is 14.2 Å². The number of hydrogen-bond donors (Lipinski definition) is 0. The number of aromatic nitrogens is 1. The molecule has 0 aromatic carbocycles. The van der Waals surface area contributed by atoms with E-state index in [0.29, 0.717) is 12.2 Å². The monoisotopic (exact) mass is 266 g/mol. The highest BCUT2D eigenvalue weighted by Gasteiger charge is 2.21. The Labute approximate surface area is 114 Å². The Morgan fingerprint density at radius 3 is 2.63 bits per heavy atom. The Morgan fingerprint density at radius 1 is 1.42 bits per heavy atom. The average molecular weight is 266 g/mol. The van der Waals surface area contributed by atoms with E-state index in [1.807, 2.05) is 37.6 Å². The molecule has 0 aliphatic rings. The zero-order chi connectivity index (χ0) is 14.4. The van der Waals surface area contributed by atoms with Crippen molar-refractivity contribution >= 4 is 11.9 Å². The maximum Gasteiger partial charge on any atom is 0.325 e. The fourth-order valence-corrected chi connectivity index (χ4v) is 1.93. The van der Waals surface area contributed by atoms with Gasteiger partial charge in [-0.15, -0.1) is 0 Å². The van der Waals surface area contributed by atoms with Crippen molar-refractivity contribution in [3.63, 3.8) is 0 Å². The minimum Gasteiger partial charge on any atom is -0.468 e. The highest BCUT2D eigenvalue weighted by Crippen LogP contribution is 2.13. The van der Waals surface area contributed by atoms with Gasteiger partial charge in [-0.05, 0) is 32.4 Å². The van der Waals surface area contributed by atoms with Crippen molar-refractivity contribution in [3.8, 4) is 0 Å². The summed E-state index contributed by atoms with van der Waals surface area (Å²) in [6, 6.07) is 3.83. The first-order valence-electron chi connectivity index (χ1n) is 6.54. The molecule has 5 heteroatoms. The van der Waals surface area contributed by atoms with Gasteiger partial charge in [0.2, 0.25) is 0 Å². The lowest BCUT2D eigenvalue weighted by Gasteiger charge is -2.22. The van der Waals surface area contributed by atoms with Gasteiger partial charge in [0.1, 0.15) is 12.2 Å². The molecule has 19 heavy (non-hydrogen) atoms. The predicted octanol–water partition coefficient (Wildman–Crippen LogP) is 2.09. The summed E-state index contributed by atoms with van der Waals surface area (Å²) in [6.45, 7) is 6.53. The molecule has 0 aliphatic carbocycles. The van der Waals surface area contributed by atoms with E-state index in [1.165, 1.54) is 12.0 Å². The lowest BCUT2D eigenvalue weighted by atomic mass is 10.3. The van der Waals surface area contributed by atoms with Crippen LogP contribution in [0.15, 0.2) is 18.3 Å². The Hall–Kier alpha value is -1.78. The number of nitrogens with zero attached hydrogens (tertiary/aromatic N) is 2. The molecule has 0 atom stereocenters. The molecule has 106 valence electrons. The molecule has 0 aliphatic heterocycles. The number of rotatable bonds is 6. The summed E-state index contributed by atoms with van der Waals surface area (Å²) in [7, 11) is 1.33. The number of methoxy groups -OCH3 is 1. The first-order valence-corrected chi connectivity index (χ1v) is 6.54. The second-order valence-corrected chi connectivity index (χ2v) is 4.70. The van der Waals surface area contributed by atoms with E-state index in [2.05, 4.69) is 4.74 Å². The van der Waals surface area contributed by atoms with Crippen LogP contribution < -0.4 is 0 Å². The number of amides is 1. The number of hydrogen-bond acceptors (Lipinski definition) is 3. The van der Waals surface area contributed by atoms with Gasteiger partial charge in [-0.2, -0.15) is 0 Å². The molecule has 5 nitrogen and oxygen atoms in total. The molecule has 1 aromatic rings. The van der Waals surface area contributed by atoms with E-state index in [0.717, 1.165) is 6.42 Å². The standard InChI is InChI=1S/C14H22N2O3/c1-5-8-15(10-13(17)19-4)14(18)12-7-6-9-16(12)11(2)3/h6-7,9,11H,5,8,10H2,1-4H3. The molecule has 1 amide bonds. The lowest BCUT2D eigenvalue weighted by Crippen LogP contribution is -2.37. The second-order valence-electron chi connectivity index (χ2n) is 4.70. The van der Waals surface area contributed by atoms with Gasteiger partial charge in [-0.3, -0.25) is 9.59 Å². The molecule has 0 spiro atoms. The van der Waals surface area contributed by atoms with Gasteiger partial charge in [0, 0.05) is 18.8 Å². The molecule has 0 fully saturated rings. The third kappa shape index (κ3) is 3.84. The maximum atomic E-state index is 12.5. The smallest absolute Gasteiger partial charge is 0.325 e. The van der Waals surface area contributed by atoms with Gasteiger partial charge in [0.15, 0.2) is 0 Å². The van der Waals surface area contributed by atoms with Crippen molar-refractivity contribution in [2.45, 2.75) is 33.2 Å². The molecule has 0 bridgehead atoms. The molecule has 0 N–H and O–H groups in total. The molecule has 0 saturated heterocycles. The van der Waals surface area contributed by atoms with Gasteiger partial charge >= 0.3 is 5.97 Å². The quantitative estimate of drug-likeness (QED) is 0.741. The molecule has 0 saturated carbocycles. The predicted molar refractivity (Wildman–Crippen MR) is 73.0 cm³/mol. The highest BCUT2D eigenvalue weighted by atomic mass is 16.5. The number of carbonyl (C=O) groups excluding carboxylic acids is 2. The summed E-state index contributed by atoms with van der Waals surface area (Å²) in [6.07, 6.45) is 2.67. The number of ether oxygens (including phenoxy) is 1. The highest BCUT2D eigenvalue weighted by molar-refractivity contribution is 5.94. The Bertz CT molecular complexity index is 438. The van der Waals surface area contributed by atoms with Crippen molar-refractivity contribution in [3.05, 3.63) is 24.0 Å². The van der Waals surface area contributed by atoms with E-state index in [1.54, 1.807) is 6.07 Å². The van der Waals surface area contributed by atoms with Crippen molar-refractivity contribution in [2.24, 2.45) is 0 Å². The van der Waals surface area contributed by atoms with E-state index < -0.39 is 5.97 Å². The van der Waals surface area contributed by atoms with Crippen LogP contribution in [-0.4, -0.2) is 41.5 Å². The molecule has 1 heterocycles. The van der Waals surface area contributed by atoms with Crippen LogP contribution in [0.2, 0.25) is 0 Å². The van der Waals surface area contributed by atoms with Crippen LogP contribution in [0.1, 0.15) is 43.7 Å². The van der Waals surface area contributed by atoms with Crippen LogP contribution in [0.3, 0.4) is 0 Å². The van der Waals surface area contributed by atoms with E-state index in [9.17, 15) is 9.59 Å². The van der Waals surface area contributed by atoms with E-state index in [-0.39, 0.29) is 18.5 Å². The minimum atomic E-state index is -0.399. The van der Waals surface area contributed by atoms with Crippen LogP contribution in [-0.2, 0) is 9.53 Å². The lowest BCUT2D eigenvalue weighted by molar-refractivity contribution is -0.141. The van der Waals surface area contributed by atoms with Gasteiger partial charge in [-0.1, -0.05) is 6.92 Å². The molecule has 0 unspecified atom stereocenters. The van der Waals surface area contributed by atoms with Crippen molar-refractivity contribution in [2.75, 3.05) is 20.2 Å². The number of carbonyl (C=O) groups is 2. The Balaban J connectivity index is 2.92. The summed E-state index contributed by atoms with van der Waals surface area (Å²) in [4.78, 5) is 25.4. The van der Waals surface area contributed by atoms with Crippen LogP contribution in [0.5, 0.6) is 0 Å². The molecule has 1 aromatic heterocycles. The number of esters is 1. The fraction of sp³-hybridized carbons (Fsp3) is 0.571. The fourth-order valence-electron chi connectivity index (χ4n) is 1.93. The van der Waals surface area contributed by atoms with Crippen molar-refractivity contribution < 1.29 is 14.3 Å². The molecular weight excluding hydrogens is 244 g/mol. The van der Waals surface area contributed by atoms with Gasteiger partial charge in [-0.25, -0.2) is 0 Å². The van der Waals surface area contributed by atoms with Crippen LogP contribution >= 0.6 is 0 Å². The summed E-state index contributed by atoms with van der Waals surface area (Å²) in [5, 5.41) is 0. The maximum absolute atomic E-state index is 12.5. The minimum absolute atomic E-state index is 0.00749. The first-order chi connectivity index (χ1) is 9.01. The zero-order valence-corrected chi connectivity index (χ0v) is 12.0. The Kier molecular flexibility index (Phi) is 5.60. The van der Waals surface area contributed by atoms with Crippen molar-refractivity contribution in [1.29, 1.82) is 0 Å². The van der Waals surface area contributed by atoms with E-state index in [4.69, 9.17) is 0 Å². The summed E-state index contributed by atoms with van der Waals surface area (Å²) in [5.41, 5.74) is 0.604. The van der Waals surface area contributed by atoms with Crippen LogP contribution in [0, 0.1) is 0 Å².